The zero-order valence-electron chi connectivity index (χ0n) is 10.7. The van der Waals surface area contributed by atoms with Crippen molar-refractivity contribution in [1.82, 2.24) is 0 Å². The van der Waals surface area contributed by atoms with Gasteiger partial charge < -0.3 is 9.84 Å². The van der Waals surface area contributed by atoms with Gasteiger partial charge in [-0.25, -0.2) is 9.18 Å². The zero-order chi connectivity index (χ0) is 14.7. The van der Waals surface area contributed by atoms with E-state index < -0.39 is 11.8 Å². The number of hydrogen-bond acceptors (Lipinski definition) is 2. The summed E-state index contributed by atoms with van der Waals surface area (Å²) in [7, 11) is 0. The second kappa shape index (κ2) is 5.92. The van der Waals surface area contributed by atoms with Crippen molar-refractivity contribution in [3.63, 3.8) is 0 Å². The average Bonchev–Trinajstić information content (AvgIpc) is 2.40. The first kappa shape index (κ1) is 14.3. The van der Waals surface area contributed by atoms with Crippen LogP contribution in [0.1, 0.15) is 21.5 Å². The Kier molecular flexibility index (Phi) is 4.25. The Bertz CT molecular complexity index is 656. The maximum Gasteiger partial charge on any atom is 0.339 e. The van der Waals surface area contributed by atoms with Crippen LogP contribution in [-0.2, 0) is 6.61 Å². The number of carbonyl (C=O) groups is 1. The molecule has 20 heavy (non-hydrogen) atoms. The van der Waals surface area contributed by atoms with Gasteiger partial charge in [0.1, 0.15) is 23.7 Å². The molecule has 2 aromatic carbocycles. The molecule has 0 aromatic heterocycles. The topological polar surface area (TPSA) is 46.5 Å². The summed E-state index contributed by atoms with van der Waals surface area (Å²) in [5.41, 5.74) is 1.48. The third-order valence-corrected chi connectivity index (χ3v) is 3.10. The molecule has 0 aliphatic rings. The van der Waals surface area contributed by atoms with Crippen LogP contribution in [0.3, 0.4) is 0 Å². The highest BCUT2D eigenvalue weighted by atomic mass is 35.5. The van der Waals surface area contributed by atoms with Gasteiger partial charge in [0, 0.05) is 0 Å². The van der Waals surface area contributed by atoms with E-state index in [1.165, 1.54) is 18.2 Å². The van der Waals surface area contributed by atoms with Crippen LogP contribution in [0.25, 0.3) is 0 Å². The first-order valence-electron chi connectivity index (χ1n) is 5.88. The molecule has 2 aromatic rings. The summed E-state index contributed by atoms with van der Waals surface area (Å²) in [6.45, 7) is 1.88. The van der Waals surface area contributed by atoms with Crippen molar-refractivity contribution in [2.24, 2.45) is 0 Å². The van der Waals surface area contributed by atoms with E-state index in [-0.39, 0.29) is 17.2 Å². The van der Waals surface area contributed by atoms with Gasteiger partial charge in [-0.1, -0.05) is 29.8 Å². The molecule has 0 unspecified atom stereocenters. The Morgan fingerprint density at radius 1 is 1.35 bits per heavy atom. The van der Waals surface area contributed by atoms with Crippen molar-refractivity contribution in [2.45, 2.75) is 13.5 Å². The number of carboxylic acid groups (broad SMARTS) is 1. The predicted molar refractivity (Wildman–Crippen MR) is 73.9 cm³/mol. The van der Waals surface area contributed by atoms with Crippen LogP contribution in [-0.4, -0.2) is 11.1 Å². The molecular weight excluding hydrogens is 283 g/mol. The molecule has 5 heteroatoms. The highest BCUT2D eigenvalue weighted by molar-refractivity contribution is 6.30. The van der Waals surface area contributed by atoms with Crippen molar-refractivity contribution in [2.75, 3.05) is 0 Å². The molecule has 1 N–H and O–H groups in total. The molecule has 0 aliphatic carbocycles. The first-order valence-corrected chi connectivity index (χ1v) is 6.26. The molecule has 104 valence electrons. The number of rotatable bonds is 4. The van der Waals surface area contributed by atoms with Crippen LogP contribution in [0.15, 0.2) is 36.4 Å². The fourth-order valence-corrected chi connectivity index (χ4v) is 2.00. The van der Waals surface area contributed by atoms with Gasteiger partial charge in [-0.15, -0.1) is 0 Å². The Morgan fingerprint density at radius 2 is 2.10 bits per heavy atom. The van der Waals surface area contributed by atoms with Crippen molar-refractivity contribution in [1.29, 1.82) is 0 Å². The fourth-order valence-electron chi connectivity index (χ4n) is 1.80. The van der Waals surface area contributed by atoms with Crippen molar-refractivity contribution in [3.8, 4) is 5.75 Å². The SMILES string of the molecule is Cc1cccc(C(=O)O)c1OCc1ccc(F)c(Cl)c1. The van der Waals surface area contributed by atoms with Crippen molar-refractivity contribution in [3.05, 3.63) is 63.9 Å². The van der Waals surface area contributed by atoms with Crippen LogP contribution >= 0.6 is 11.6 Å². The molecule has 0 bridgehead atoms. The maximum atomic E-state index is 13.0. The fraction of sp³-hybridized carbons (Fsp3) is 0.133. The number of halogens is 2. The van der Waals surface area contributed by atoms with E-state index in [2.05, 4.69) is 0 Å². The molecule has 0 atom stereocenters. The van der Waals surface area contributed by atoms with Crippen LogP contribution in [0, 0.1) is 12.7 Å². The van der Waals surface area contributed by atoms with Gasteiger partial charge in [-0.3, -0.25) is 0 Å². The van der Waals surface area contributed by atoms with E-state index >= 15 is 0 Å². The number of para-hydroxylation sites is 1. The van der Waals surface area contributed by atoms with Gasteiger partial charge in [0.15, 0.2) is 0 Å². The van der Waals surface area contributed by atoms with Crippen molar-refractivity contribution >= 4 is 17.6 Å². The molecule has 0 radical (unpaired) electrons. The second-order valence-electron chi connectivity index (χ2n) is 4.29. The standard InChI is InChI=1S/C15H12ClFO3/c1-9-3-2-4-11(15(18)19)14(9)20-8-10-5-6-13(17)12(16)7-10/h2-7H,8H2,1H3,(H,18,19). The summed E-state index contributed by atoms with van der Waals surface area (Å²) >= 11 is 5.68. The number of ether oxygens (including phenoxy) is 1. The number of aromatic carboxylic acids is 1. The third-order valence-electron chi connectivity index (χ3n) is 2.81. The van der Waals surface area contributed by atoms with Crippen molar-refractivity contribution < 1.29 is 19.0 Å². The molecule has 0 fully saturated rings. The van der Waals surface area contributed by atoms with Crippen LogP contribution in [0.5, 0.6) is 5.75 Å². The lowest BCUT2D eigenvalue weighted by Gasteiger charge is -2.12. The first-order chi connectivity index (χ1) is 9.49. The number of carboxylic acids is 1. The lowest BCUT2D eigenvalue weighted by atomic mass is 10.1. The van der Waals surface area contributed by atoms with Gasteiger partial charge in [-0.05, 0) is 36.2 Å². The van der Waals surface area contributed by atoms with Gasteiger partial charge in [-0.2, -0.15) is 0 Å². The molecule has 2 rings (SSSR count). The number of aryl methyl sites for hydroxylation is 1. The molecule has 0 spiro atoms. The smallest absolute Gasteiger partial charge is 0.339 e. The largest absolute Gasteiger partial charge is 0.488 e. The van der Waals surface area contributed by atoms with E-state index in [4.69, 9.17) is 21.4 Å². The summed E-state index contributed by atoms with van der Waals surface area (Å²) < 4.78 is 18.6. The predicted octanol–water partition coefficient (Wildman–Crippen LogP) is 4.06. The van der Waals surface area contributed by atoms with Gasteiger partial charge in [0.05, 0.1) is 5.02 Å². The van der Waals surface area contributed by atoms with Gasteiger partial charge in [0.2, 0.25) is 0 Å². The second-order valence-corrected chi connectivity index (χ2v) is 4.70. The normalized spacial score (nSPS) is 10.3. The Morgan fingerprint density at radius 3 is 2.75 bits per heavy atom. The lowest BCUT2D eigenvalue weighted by molar-refractivity contribution is 0.0691. The Hall–Kier alpha value is -2.07. The van der Waals surface area contributed by atoms with E-state index in [1.807, 2.05) is 0 Å². The zero-order valence-corrected chi connectivity index (χ0v) is 11.4. The monoisotopic (exact) mass is 294 g/mol. The van der Waals surface area contributed by atoms with Crippen LogP contribution in [0.2, 0.25) is 5.02 Å². The quantitative estimate of drug-likeness (QED) is 0.925. The summed E-state index contributed by atoms with van der Waals surface area (Å²) in [5.74, 6) is -1.25. The third kappa shape index (κ3) is 3.08. The van der Waals surface area contributed by atoms with E-state index in [9.17, 15) is 9.18 Å². The van der Waals surface area contributed by atoms with Gasteiger partial charge >= 0.3 is 5.97 Å². The summed E-state index contributed by atoms with van der Waals surface area (Å²) in [5, 5.41) is 9.13. The van der Waals surface area contributed by atoms with Crippen LogP contribution in [0.4, 0.5) is 4.39 Å². The average molecular weight is 295 g/mol. The summed E-state index contributed by atoms with van der Waals surface area (Å²) in [6.07, 6.45) is 0. The highest BCUT2D eigenvalue weighted by Gasteiger charge is 2.13. The van der Waals surface area contributed by atoms with E-state index in [0.29, 0.717) is 11.3 Å². The molecule has 0 aliphatic heterocycles. The van der Waals surface area contributed by atoms with Crippen LogP contribution < -0.4 is 4.74 Å². The minimum atomic E-state index is -1.05. The Labute approximate surface area is 120 Å². The van der Waals surface area contributed by atoms with Gasteiger partial charge in [0.25, 0.3) is 0 Å². The molecule has 0 heterocycles. The summed E-state index contributed by atoms with van der Waals surface area (Å²) in [6, 6.07) is 9.13. The van der Waals surface area contributed by atoms with E-state index in [0.717, 1.165) is 5.56 Å². The minimum Gasteiger partial charge on any atom is -0.488 e. The molecular formula is C15H12ClFO3. The molecule has 0 saturated carbocycles. The minimum absolute atomic E-state index is 0.00865. The molecule has 0 saturated heterocycles. The summed E-state index contributed by atoms with van der Waals surface area (Å²) in [4.78, 5) is 11.1. The van der Waals surface area contributed by atoms with E-state index in [1.54, 1.807) is 25.1 Å². The Balaban J connectivity index is 2.22. The maximum absolute atomic E-state index is 13.0. The number of benzene rings is 2. The molecule has 3 nitrogen and oxygen atoms in total. The number of hydrogen-bond donors (Lipinski definition) is 1. The lowest BCUT2D eigenvalue weighted by Crippen LogP contribution is -2.05. The molecule has 0 amide bonds. The highest BCUT2D eigenvalue weighted by Crippen LogP contribution is 2.25.